The Kier molecular flexibility index (Phi) is 4.84. The molecule has 1 saturated carbocycles. The van der Waals surface area contributed by atoms with Crippen LogP contribution in [0.3, 0.4) is 0 Å². The van der Waals surface area contributed by atoms with Crippen LogP contribution in [0, 0.1) is 56.7 Å². The van der Waals surface area contributed by atoms with Crippen LogP contribution in [0.25, 0.3) is 16.7 Å². The zero-order valence-electron chi connectivity index (χ0n) is 14.4. The highest BCUT2D eigenvalue weighted by Gasteiger charge is 2.41. The molecular formula is C23H9N5. The smallest absolute Gasteiger partial charge is 0.138 e. The highest BCUT2D eigenvalue weighted by molar-refractivity contribution is 6.03. The maximum atomic E-state index is 9.87. The Morgan fingerprint density at radius 3 is 1.54 bits per heavy atom. The molecule has 0 aliphatic heterocycles. The van der Waals surface area contributed by atoms with Gasteiger partial charge in [-0.25, -0.2) is 0 Å². The molecule has 0 saturated heterocycles. The van der Waals surface area contributed by atoms with E-state index in [1.165, 1.54) is 0 Å². The summed E-state index contributed by atoms with van der Waals surface area (Å²) in [5.74, 6) is 0. The number of hydrogen-bond acceptors (Lipinski definition) is 5. The summed E-state index contributed by atoms with van der Waals surface area (Å²) in [6.07, 6.45) is 0. The van der Waals surface area contributed by atoms with Crippen molar-refractivity contribution in [3.8, 4) is 41.5 Å². The minimum Gasteiger partial charge on any atom is -0.192 e. The van der Waals surface area contributed by atoms with E-state index in [1.54, 1.807) is 36.4 Å². The lowest BCUT2D eigenvalue weighted by molar-refractivity contribution is 1.45. The molecule has 0 heterocycles. The largest absolute Gasteiger partial charge is 0.192 e. The van der Waals surface area contributed by atoms with Crippen LogP contribution in [-0.4, -0.2) is 0 Å². The van der Waals surface area contributed by atoms with E-state index in [2.05, 4.69) is 6.07 Å². The van der Waals surface area contributed by atoms with E-state index in [0.717, 1.165) is 11.1 Å². The predicted octanol–water partition coefficient (Wildman–Crippen LogP) is 4.33. The third-order valence-corrected chi connectivity index (χ3v) is 4.28. The van der Waals surface area contributed by atoms with Gasteiger partial charge in [0.1, 0.15) is 41.5 Å². The fourth-order valence-electron chi connectivity index (χ4n) is 3.03. The average molecular weight is 355 g/mol. The Labute approximate surface area is 161 Å². The molecular weight excluding hydrogens is 346 g/mol. The van der Waals surface area contributed by atoms with Crippen molar-refractivity contribution in [1.82, 2.24) is 0 Å². The Morgan fingerprint density at radius 1 is 0.536 bits per heavy atom. The normalized spacial score (nSPS) is 11.2. The van der Waals surface area contributed by atoms with Crippen LogP contribution in [0.2, 0.25) is 0 Å². The summed E-state index contributed by atoms with van der Waals surface area (Å²) < 4.78 is 0. The van der Waals surface area contributed by atoms with Gasteiger partial charge in [0.2, 0.25) is 0 Å². The van der Waals surface area contributed by atoms with Gasteiger partial charge in [-0.1, -0.05) is 54.6 Å². The maximum absolute atomic E-state index is 9.87. The first kappa shape index (κ1) is 17.9. The lowest BCUT2D eigenvalue weighted by Crippen LogP contribution is -1.88. The molecule has 126 valence electrons. The molecule has 0 bridgehead atoms. The second-order valence-electron chi connectivity index (χ2n) is 5.72. The van der Waals surface area contributed by atoms with Crippen molar-refractivity contribution in [2.75, 3.05) is 0 Å². The number of benzene rings is 2. The number of nitriles is 5. The van der Waals surface area contributed by atoms with E-state index in [1.807, 2.05) is 42.5 Å². The second-order valence-corrected chi connectivity index (χ2v) is 5.72. The molecule has 1 aliphatic rings. The van der Waals surface area contributed by atoms with E-state index < -0.39 is 0 Å². The third kappa shape index (κ3) is 2.92. The lowest BCUT2D eigenvalue weighted by atomic mass is 9.94. The number of nitrogens with zero attached hydrogens (tertiary/aromatic N) is 5. The van der Waals surface area contributed by atoms with E-state index in [9.17, 15) is 26.3 Å². The van der Waals surface area contributed by atoms with Crippen LogP contribution in [0.15, 0.2) is 82.5 Å². The van der Waals surface area contributed by atoms with Crippen molar-refractivity contribution in [1.29, 1.82) is 26.3 Å². The Bertz CT molecular complexity index is 1210. The fourth-order valence-corrected chi connectivity index (χ4v) is 3.03. The van der Waals surface area contributed by atoms with Crippen LogP contribution in [0.5, 0.6) is 0 Å². The van der Waals surface area contributed by atoms with Gasteiger partial charge in [-0.15, -0.1) is 0 Å². The van der Waals surface area contributed by atoms with Gasteiger partial charge in [0.05, 0.1) is 5.57 Å². The van der Waals surface area contributed by atoms with Crippen LogP contribution in [0.4, 0.5) is 0 Å². The molecule has 5 nitrogen and oxygen atoms in total. The number of rotatable bonds is 2. The summed E-state index contributed by atoms with van der Waals surface area (Å²) in [6, 6.07) is 25.9. The van der Waals surface area contributed by atoms with Gasteiger partial charge in [-0.05, 0) is 11.1 Å². The van der Waals surface area contributed by atoms with Crippen LogP contribution in [-0.2, 0) is 0 Å². The van der Waals surface area contributed by atoms with Gasteiger partial charge in [0, 0.05) is 22.3 Å². The van der Waals surface area contributed by atoms with Crippen molar-refractivity contribution in [2.45, 2.75) is 0 Å². The fraction of sp³-hybridized carbons (Fsp3) is 0. The van der Waals surface area contributed by atoms with Crippen molar-refractivity contribution in [2.24, 2.45) is 0 Å². The Morgan fingerprint density at radius 2 is 1.04 bits per heavy atom. The molecule has 0 radical (unpaired) electrons. The molecule has 5 heteroatoms. The predicted molar refractivity (Wildman–Crippen MR) is 101 cm³/mol. The molecule has 0 aromatic heterocycles. The van der Waals surface area contributed by atoms with Gasteiger partial charge in [0.15, 0.2) is 0 Å². The van der Waals surface area contributed by atoms with Crippen molar-refractivity contribution in [3.63, 3.8) is 0 Å². The highest BCUT2D eigenvalue weighted by Crippen LogP contribution is 2.53. The monoisotopic (exact) mass is 355 g/mol. The zero-order chi connectivity index (χ0) is 20.1. The molecule has 0 atom stereocenters. The SMILES string of the molecule is N#CC(C#N)=C1C(=C(C#N)C#N)C1=C(C#N)c1ccccc1-c1ccccc1. The van der Waals surface area contributed by atoms with Crippen molar-refractivity contribution >= 4 is 5.57 Å². The van der Waals surface area contributed by atoms with Crippen molar-refractivity contribution in [3.05, 3.63) is 88.0 Å². The number of allylic oxidation sites excluding steroid dienone is 6. The third-order valence-electron chi connectivity index (χ3n) is 4.28. The summed E-state index contributed by atoms with van der Waals surface area (Å²) in [5, 5.41) is 46.8. The molecule has 28 heavy (non-hydrogen) atoms. The zero-order valence-corrected chi connectivity index (χ0v) is 14.4. The van der Waals surface area contributed by atoms with Crippen LogP contribution < -0.4 is 0 Å². The van der Waals surface area contributed by atoms with Gasteiger partial charge in [-0.2, -0.15) is 26.3 Å². The van der Waals surface area contributed by atoms with E-state index in [0.29, 0.717) is 11.1 Å². The topological polar surface area (TPSA) is 119 Å². The maximum Gasteiger partial charge on any atom is 0.138 e. The molecule has 2 aromatic carbocycles. The van der Waals surface area contributed by atoms with E-state index >= 15 is 0 Å². The minimum absolute atomic E-state index is 0.197. The summed E-state index contributed by atoms with van der Waals surface area (Å²) in [4.78, 5) is 0. The molecule has 0 spiro atoms. The molecule has 1 fully saturated rings. The molecule has 2 aromatic rings. The lowest BCUT2D eigenvalue weighted by Gasteiger charge is -2.08. The molecule has 0 N–H and O–H groups in total. The first-order chi connectivity index (χ1) is 13.7. The Balaban J connectivity index is 2.38. The average Bonchev–Trinajstić information content (AvgIpc) is 3.46. The molecule has 0 unspecified atom stereocenters. The summed E-state index contributed by atoms with van der Waals surface area (Å²) >= 11 is 0. The van der Waals surface area contributed by atoms with Crippen LogP contribution in [0.1, 0.15) is 5.56 Å². The molecule has 0 amide bonds. The van der Waals surface area contributed by atoms with E-state index in [4.69, 9.17) is 0 Å². The molecule has 1 aliphatic carbocycles. The quantitative estimate of drug-likeness (QED) is 0.743. The van der Waals surface area contributed by atoms with Gasteiger partial charge in [-0.3, -0.25) is 0 Å². The molecule has 3 rings (SSSR count). The van der Waals surface area contributed by atoms with Crippen LogP contribution >= 0.6 is 0 Å². The summed E-state index contributed by atoms with van der Waals surface area (Å²) in [6.45, 7) is 0. The minimum atomic E-state index is -0.224. The summed E-state index contributed by atoms with van der Waals surface area (Å²) in [5.41, 5.74) is 2.76. The van der Waals surface area contributed by atoms with Gasteiger partial charge >= 0.3 is 0 Å². The van der Waals surface area contributed by atoms with Gasteiger partial charge < -0.3 is 0 Å². The standard InChI is InChI=1S/C23H9N5/c24-10-16(11-25)21-22(17(12-26)13-27)23(21)20(14-28)19-9-5-4-8-18(19)15-6-2-1-3-7-15/h1-9H. The highest BCUT2D eigenvalue weighted by atomic mass is 14.4. The van der Waals surface area contributed by atoms with Gasteiger partial charge in [0.25, 0.3) is 0 Å². The first-order valence-corrected chi connectivity index (χ1v) is 8.11. The second kappa shape index (κ2) is 7.56. The summed E-state index contributed by atoms with van der Waals surface area (Å²) in [7, 11) is 0. The van der Waals surface area contributed by atoms with Crippen molar-refractivity contribution < 1.29 is 0 Å². The Hall–Kier alpha value is -4.89. The number of hydrogen-bond donors (Lipinski definition) is 0. The first-order valence-electron chi connectivity index (χ1n) is 8.11. The van der Waals surface area contributed by atoms with E-state index in [-0.39, 0.29) is 27.9 Å².